The Hall–Kier alpha value is -2.97. The number of hydrogen-bond donors (Lipinski definition) is 3. The van der Waals surface area contributed by atoms with E-state index in [2.05, 4.69) is 5.32 Å². The third kappa shape index (κ3) is 4.51. The number of amides is 1. The third-order valence-corrected chi connectivity index (χ3v) is 3.28. The molecule has 0 radical (unpaired) electrons. The molecule has 0 heterocycles. The van der Waals surface area contributed by atoms with Gasteiger partial charge in [-0.3, -0.25) is 15.4 Å². The first-order chi connectivity index (χ1) is 11.5. The smallest absolute Gasteiger partial charge is 0.411 e. The van der Waals surface area contributed by atoms with E-state index < -0.39 is 11.0 Å². The molecule has 0 atom stereocenters. The van der Waals surface area contributed by atoms with Gasteiger partial charge in [-0.05, 0) is 35.4 Å². The highest BCUT2D eigenvalue weighted by Crippen LogP contribution is 2.18. The van der Waals surface area contributed by atoms with E-state index in [1.165, 1.54) is 24.3 Å². The molecule has 0 saturated heterocycles. The van der Waals surface area contributed by atoms with Crippen molar-refractivity contribution in [1.29, 1.82) is 0 Å². The molecule has 2 aromatic carbocycles. The maximum Gasteiger partial charge on any atom is 0.411 e. The fraction of sp³-hybridized carbons (Fsp3) is 0.188. The Morgan fingerprint density at radius 3 is 2.33 bits per heavy atom. The predicted octanol–water partition coefficient (Wildman–Crippen LogP) is 2.33. The summed E-state index contributed by atoms with van der Waals surface area (Å²) in [5.74, 6) is 0. The number of aliphatic hydroxyl groups is 2. The fourth-order valence-corrected chi connectivity index (χ4v) is 2.01. The Labute approximate surface area is 137 Å². The van der Waals surface area contributed by atoms with Crippen LogP contribution >= 0.6 is 0 Å². The molecule has 0 aromatic heterocycles. The van der Waals surface area contributed by atoms with Crippen molar-refractivity contribution in [1.82, 2.24) is 0 Å². The van der Waals surface area contributed by atoms with Crippen LogP contribution in [0.2, 0.25) is 0 Å². The van der Waals surface area contributed by atoms with Crippen molar-refractivity contribution in [3.8, 4) is 0 Å². The number of nitro groups is 1. The summed E-state index contributed by atoms with van der Waals surface area (Å²) in [4.78, 5) is 21.9. The topological polar surface area (TPSA) is 122 Å². The van der Waals surface area contributed by atoms with Crippen molar-refractivity contribution in [2.45, 2.75) is 19.8 Å². The van der Waals surface area contributed by atoms with E-state index in [-0.39, 0.29) is 25.5 Å². The van der Waals surface area contributed by atoms with Gasteiger partial charge in [-0.2, -0.15) is 0 Å². The Morgan fingerprint density at radius 1 is 1.08 bits per heavy atom. The predicted molar refractivity (Wildman–Crippen MR) is 85.2 cm³/mol. The second kappa shape index (κ2) is 8.04. The maximum atomic E-state index is 11.8. The second-order valence-electron chi connectivity index (χ2n) is 4.93. The number of carbonyl (C=O) groups excluding carboxylic acids is 1. The lowest BCUT2D eigenvalue weighted by atomic mass is 10.1. The van der Waals surface area contributed by atoms with Gasteiger partial charge in [0.1, 0.15) is 6.61 Å². The van der Waals surface area contributed by atoms with Gasteiger partial charge in [-0.15, -0.1) is 0 Å². The van der Waals surface area contributed by atoms with Crippen LogP contribution in [0.5, 0.6) is 0 Å². The van der Waals surface area contributed by atoms with E-state index >= 15 is 0 Å². The van der Waals surface area contributed by atoms with Crippen molar-refractivity contribution < 1.29 is 24.7 Å². The van der Waals surface area contributed by atoms with E-state index in [0.29, 0.717) is 22.4 Å². The summed E-state index contributed by atoms with van der Waals surface area (Å²) in [5.41, 5.74) is 2.01. The average molecular weight is 332 g/mol. The van der Waals surface area contributed by atoms with Gasteiger partial charge in [0.2, 0.25) is 0 Å². The maximum absolute atomic E-state index is 11.8. The number of anilines is 1. The number of aliphatic hydroxyl groups excluding tert-OH is 2. The first-order valence-electron chi connectivity index (χ1n) is 7.04. The minimum Gasteiger partial charge on any atom is -0.444 e. The van der Waals surface area contributed by atoms with Gasteiger partial charge in [-0.25, -0.2) is 4.79 Å². The minimum absolute atomic E-state index is 0.0419. The Kier molecular flexibility index (Phi) is 5.83. The minimum atomic E-state index is -0.722. The molecule has 2 aromatic rings. The van der Waals surface area contributed by atoms with Crippen molar-refractivity contribution in [3.63, 3.8) is 0 Å². The van der Waals surface area contributed by atoms with Gasteiger partial charge < -0.3 is 14.9 Å². The summed E-state index contributed by atoms with van der Waals surface area (Å²) in [6.07, 6.45) is -0.722. The number of carbonyl (C=O) groups is 1. The standard InChI is InChI=1S/C16H16N2O6/c19-8-12-3-6-15(13(7-12)9-20)17-16(21)24-10-11-1-4-14(5-2-11)18(22)23/h1-7,19-20H,8-10H2,(H,17,21). The van der Waals surface area contributed by atoms with Gasteiger partial charge in [0.25, 0.3) is 5.69 Å². The van der Waals surface area contributed by atoms with Crippen molar-refractivity contribution in [2.75, 3.05) is 5.32 Å². The van der Waals surface area contributed by atoms with Crippen LogP contribution < -0.4 is 5.32 Å². The number of non-ortho nitro benzene ring substituents is 1. The highest BCUT2D eigenvalue weighted by Gasteiger charge is 2.09. The Bertz CT molecular complexity index is 730. The summed E-state index contributed by atoms with van der Waals surface area (Å²) in [5, 5.41) is 31.4. The first-order valence-corrected chi connectivity index (χ1v) is 7.04. The summed E-state index contributed by atoms with van der Waals surface area (Å²) < 4.78 is 5.04. The molecule has 24 heavy (non-hydrogen) atoms. The Balaban J connectivity index is 1.94. The number of nitrogens with one attached hydrogen (secondary N) is 1. The lowest BCUT2D eigenvalue weighted by molar-refractivity contribution is -0.384. The molecule has 0 aliphatic carbocycles. The molecular weight excluding hydrogens is 316 g/mol. The number of nitro benzene ring substituents is 1. The third-order valence-electron chi connectivity index (χ3n) is 3.28. The van der Waals surface area contributed by atoms with Crippen LogP contribution in [-0.4, -0.2) is 21.2 Å². The van der Waals surface area contributed by atoms with Gasteiger partial charge in [0, 0.05) is 23.4 Å². The molecule has 2 rings (SSSR count). The van der Waals surface area contributed by atoms with E-state index in [1.54, 1.807) is 18.2 Å². The molecule has 0 fully saturated rings. The van der Waals surface area contributed by atoms with Crippen LogP contribution in [0.25, 0.3) is 0 Å². The quantitative estimate of drug-likeness (QED) is 0.551. The zero-order valence-electron chi connectivity index (χ0n) is 12.6. The van der Waals surface area contributed by atoms with Crippen LogP contribution in [0, 0.1) is 10.1 Å². The Morgan fingerprint density at radius 2 is 1.75 bits per heavy atom. The van der Waals surface area contributed by atoms with Gasteiger partial charge in [0.05, 0.1) is 18.1 Å². The molecule has 0 aliphatic heterocycles. The number of nitrogens with zero attached hydrogens (tertiary/aromatic N) is 1. The molecule has 126 valence electrons. The van der Waals surface area contributed by atoms with Crippen LogP contribution in [0.3, 0.4) is 0 Å². The van der Waals surface area contributed by atoms with E-state index in [0.717, 1.165) is 0 Å². The van der Waals surface area contributed by atoms with Crippen molar-refractivity contribution in [3.05, 3.63) is 69.3 Å². The number of hydrogen-bond acceptors (Lipinski definition) is 6. The molecule has 0 aliphatic rings. The lowest BCUT2D eigenvalue weighted by Gasteiger charge is -2.11. The molecule has 0 spiro atoms. The van der Waals surface area contributed by atoms with Crippen LogP contribution in [0.4, 0.5) is 16.2 Å². The summed E-state index contributed by atoms with van der Waals surface area (Å²) in [6, 6.07) is 10.4. The monoisotopic (exact) mass is 332 g/mol. The van der Waals surface area contributed by atoms with Gasteiger partial charge in [-0.1, -0.05) is 6.07 Å². The number of rotatable bonds is 6. The van der Waals surface area contributed by atoms with E-state index in [4.69, 9.17) is 9.84 Å². The molecule has 1 amide bonds. The summed E-state index contributed by atoms with van der Waals surface area (Å²) >= 11 is 0. The molecule has 3 N–H and O–H groups in total. The van der Waals surface area contributed by atoms with Crippen LogP contribution in [0.1, 0.15) is 16.7 Å². The largest absolute Gasteiger partial charge is 0.444 e. The number of ether oxygens (including phenoxy) is 1. The van der Waals surface area contributed by atoms with E-state index in [9.17, 15) is 20.0 Å². The van der Waals surface area contributed by atoms with Crippen LogP contribution in [0.15, 0.2) is 42.5 Å². The normalized spacial score (nSPS) is 10.2. The van der Waals surface area contributed by atoms with Gasteiger partial charge >= 0.3 is 6.09 Å². The second-order valence-corrected chi connectivity index (χ2v) is 4.93. The fourth-order valence-electron chi connectivity index (χ4n) is 2.01. The molecule has 0 bridgehead atoms. The molecule has 0 saturated carbocycles. The van der Waals surface area contributed by atoms with Crippen molar-refractivity contribution >= 4 is 17.5 Å². The zero-order chi connectivity index (χ0) is 17.5. The average Bonchev–Trinajstić information content (AvgIpc) is 2.60. The zero-order valence-corrected chi connectivity index (χ0v) is 12.6. The number of benzene rings is 2. The highest BCUT2D eigenvalue weighted by atomic mass is 16.6. The van der Waals surface area contributed by atoms with Crippen LogP contribution in [-0.2, 0) is 24.6 Å². The molecule has 8 nitrogen and oxygen atoms in total. The lowest BCUT2D eigenvalue weighted by Crippen LogP contribution is -2.15. The molecule has 8 heteroatoms. The highest BCUT2D eigenvalue weighted by molar-refractivity contribution is 5.85. The van der Waals surface area contributed by atoms with Gasteiger partial charge in [0.15, 0.2) is 0 Å². The molecule has 0 unspecified atom stereocenters. The first kappa shape index (κ1) is 17.4. The summed E-state index contributed by atoms with van der Waals surface area (Å²) in [6.45, 7) is -0.517. The molecular formula is C16H16N2O6. The SMILES string of the molecule is O=C(Nc1ccc(CO)cc1CO)OCc1ccc([N+](=O)[O-])cc1. The summed E-state index contributed by atoms with van der Waals surface area (Å²) in [7, 11) is 0. The van der Waals surface area contributed by atoms with Crippen molar-refractivity contribution in [2.24, 2.45) is 0 Å². The van der Waals surface area contributed by atoms with E-state index in [1.807, 2.05) is 0 Å².